The summed E-state index contributed by atoms with van der Waals surface area (Å²) < 4.78 is 6.19. The molecule has 10 rings (SSSR count). The van der Waals surface area contributed by atoms with Gasteiger partial charge >= 0.3 is 0 Å². The minimum absolute atomic E-state index is 0.889. The largest absolute Gasteiger partial charge is 0.456 e. The summed E-state index contributed by atoms with van der Waals surface area (Å²) in [4.78, 5) is 2.33. The molecule has 0 aliphatic rings. The lowest BCUT2D eigenvalue weighted by molar-refractivity contribution is 0.669. The van der Waals surface area contributed by atoms with Crippen molar-refractivity contribution in [3.8, 4) is 33.4 Å². The second-order valence-corrected chi connectivity index (χ2v) is 13.4. The van der Waals surface area contributed by atoms with Crippen LogP contribution in [0.4, 0.5) is 17.1 Å². The Hall–Kier alpha value is -6.90. The number of furan rings is 1. The number of rotatable bonds is 6. The maximum atomic E-state index is 6.19. The monoisotopic (exact) mass is 663 g/mol. The molecule has 2 heteroatoms. The molecule has 0 atom stereocenters. The van der Waals surface area contributed by atoms with Gasteiger partial charge < -0.3 is 9.32 Å². The lowest BCUT2D eigenvalue weighted by atomic mass is 9.96. The highest BCUT2D eigenvalue weighted by Gasteiger charge is 2.16. The van der Waals surface area contributed by atoms with Gasteiger partial charge in [-0.05, 0) is 122 Å². The number of hydrogen-bond donors (Lipinski definition) is 0. The highest BCUT2D eigenvalue weighted by atomic mass is 16.3. The van der Waals surface area contributed by atoms with E-state index < -0.39 is 0 Å². The smallest absolute Gasteiger partial charge is 0.135 e. The molecule has 1 aromatic heterocycles. The van der Waals surface area contributed by atoms with Crippen molar-refractivity contribution in [1.82, 2.24) is 0 Å². The van der Waals surface area contributed by atoms with Crippen LogP contribution in [0.3, 0.4) is 0 Å². The molecule has 244 valence electrons. The predicted octanol–water partition coefficient (Wildman–Crippen LogP) is 14.4. The first-order chi connectivity index (χ1) is 25.7. The Morgan fingerprint density at radius 1 is 0.269 bits per heavy atom. The average molecular weight is 664 g/mol. The van der Waals surface area contributed by atoms with Crippen LogP contribution in [0, 0.1) is 0 Å². The van der Waals surface area contributed by atoms with Gasteiger partial charge in [0, 0.05) is 27.8 Å². The number of hydrogen-bond acceptors (Lipinski definition) is 2. The summed E-state index contributed by atoms with van der Waals surface area (Å²) in [7, 11) is 0. The zero-order valence-electron chi connectivity index (χ0n) is 28.4. The van der Waals surface area contributed by atoms with Gasteiger partial charge in [0.15, 0.2) is 0 Å². The molecule has 2 nitrogen and oxygen atoms in total. The van der Waals surface area contributed by atoms with Gasteiger partial charge in [-0.25, -0.2) is 0 Å². The molecule has 10 aromatic rings. The molecule has 0 saturated heterocycles. The molecule has 0 aliphatic carbocycles. The van der Waals surface area contributed by atoms with E-state index in [2.05, 4.69) is 193 Å². The third-order valence-corrected chi connectivity index (χ3v) is 10.2. The molecule has 0 saturated carbocycles. The molecule has 9 aromatic carbocycles. The zero-order valence-corrected chi connectivity index (χ0v) is 28.4. The lowest BCUT2D eigenvalue weighted by Gasteiger charge is -2.26. The van der Waals surface area contributed by atoms with Crippen molar-refractivity contribution >= 4 is 60.5 Å². The number of anilines is 3. The van der Waals surface area contributed by atoms with Crippen LogP contribution in [0.25, 0.3) is 76.9 Å². The van der Waals surface area contributed by atoms with Gasteiger partial charge in [0.1, 0.15) is 11.2 Å². The van der Waals surface area contributed by atoms with Gasteiger partial charge in [0.25, 0.3) is 0 Å². The molecule has 0 fully saturated rings. The van der Waals surface area contributed by atoms with Crippen LogP contribution in [0.5, 0.6) is 0 Å². The summed E-state index contributed by atoms with van der Waals surface area (Å²) in [6.07, 6.45) is 0. The van der Waals surface area contributed by atoms with E-state index >= 15 is 0 Å². The summed E-state index contributed by atoms with van der Waals surface area (Å²) in [5.41, 5.74) is 12.3. The second-order valence-electron chi connectivity index (χ2n) is 13.4. The Kier molecular flexibility index (Phi) is 7.18. The zero-order chi connectivity index (χ0) is 34.4. The first kappa shape index (κ1) is 30.0. The summed E-state index contributed by atoms with van der Waals surface area (Å²) in [5, 5.41) is 7.21. The molecule has 0 bridgehead atoms. The van der Waals surface area contributed by atoms with Gasteiger partial charge in [-0.15, -0.1) is 0 Å². The van der Waals surface area contributed by atoms with Gasteiger partial charge in [0.05, 0.1) is 0 Å². The fourth-order valence-corrected chi connectivity index (χ4v) is 7.51. The van der Waals surface area contributed by atoms with E-state index in [4.69, 9.17) is 4.42 Å². The molecular formula is C50H33NO. The summed E-state index contributed by atoms with van der Waals surface area (Å²) >= 11 is 0. The predicted molar refractivity (Wildman–Crippen MR) is 220 cm³/mol. The number of fused-ring (bicyclic) bond motifs is 5. The molecule has 1 heterocycles. The maximum absolute atomic E-state index is 6.19. The Labute approximate surface area is 302 Å². The topological polar surface area (TPSA) is 16.4 Å². The van der Waals surface area contributed by atoms with Crippen molar-refractivity contribution in [2.75, 3.05) is 4.90 Å². The Balaban J connectivity index is 1.03. The number of para-hydroxylation sites is 1. The van der Waals surface area contributed by atoms with Crippen molar-refractivity contribution < 1.29 is 4.42 Å². The molecule has 0 amide bonds. The van der Waals surface area contributed by atoms with Crippen molar-refractivity contribution in [2.45, 2.75) is 0 Å². The van der Waals surface area contributed by atoms with Crippen molar-refractivity contribution in [3.63, 3.8) is 0 Å². The first-order valence-corrected chi connectivity index (χ1v) is 17.7. The molecule has 0 N–H and O–H groups in total. The van der Waals surface area contributed by atoms with E-state index in [0.717, 1.165) is 39.0 Å². The van der Waals surface area contributed by atoms with Gasteiger partial charge in [0.2, 0.25) is 0 Å². The highest BCUT2D eigenvalue weighted by Crippen LogP contribution is 2.40. The molecular weight excluding hydrogens is 631 g/mol. The van der Waals surface area contributed by atoms with Gasteiger partial charge in [-0.1, -0.05) is 133 Å². The summed E-state index contributed by atoms with van der Waals surface area (Å²) in [6, 6.07) is 71.8. The standard InChI is InChI=1S/C50H33NO/c1-2-8-34(9-3-1)36-20-24-44(25-21-36)51(46-28-29-50-48(33-46)47-12-6-7-13-49(47)52-50)45-26-22-37(23-27-45)40-17-15-38-16-19-42(32-43(38)31-40)41-18-14-35-10-4-5-11-39(35)30-41/h1-33H. The SMILES string of the molecule is c1ccc(-c2ccc(N(c3ccc(-c4ccc5ccc(-c6ccc7ccccc7c6)cc5c4)cc3)c3ccc4oc5ccccc5c4c3)cc2)cc1. The first-order valence-electron chi connectivity index (χ1n) is 17.7. The molecule has 0 aliphatic heterocycles. The van der Waals surface area contributed by atoms with Crippen LogP contribution in [-0.2, 0) is 0 Å². The van der Waals surface area contributed by atoms with Crippen molar-refractivity contribution in [1.29, 1.82) is 0 Å². The molecule has 0 spiro atoms. The van der Waals surface area contributed by atoms with E-state index in [1.165, 1.54) is 54.9 Å². The molecule has 0 radical (unpaired) electrons. The second kappa shape index (κ2) is 12.5. The van der Waals surface area contributed by atoms with Crippen LogP contribution in [0.2, 0.25) is 0 Å². The normalized spacial score (nSPS) is 11.5. The number of benzene rings is 9. The number of nitrogens with zero attached hydrogens (tertiary/aromatic N) is 1. The fraction of sp³-hybridized carbons (Fsp3) is 0. The molecule has 52 heavy (non-hydrogen) atoms. The molecule has 0 unspecified atom stereocenters. The van der Waals surface area contributed by atoms with Crippen LogP contribution < -0.4 is 4.90 Å². The fourth-order valence-electron chi connectivity index (χ4n) is 7.51. The minimum Gasteiger partial charge on any atom is -0.456 e. The van der Waals surface area contributed by atoms with Gasteiger partial charge in [-0.2, -0.15) is 0 Å². The van der Waals surface area contributed by atoms with Crippen LogP contribution in [0.1, 0.15) is 0 Å². The third-order valence-electron chi connectivity index (χ3n) is 10.2. The van der Waals surface area contributed by atoms with Crippen LogP contribution in [-0.4, -0.2) is 0 Å². The van der Waals surface area contributed by atoms with E-state index in [0.29, 0.717) is 0 Å². The third kappa shape index (κ3) is 5.39. The van der Waals surface area contributed by atoms with Crippen LogP contribution >= 0.6 is 0 Å². The quantitative estimate of drug-likeness (QED) is 0.176. The van der Waals surface area contributed by atoms with E-state index in [1.54, 1.807) is 0 Å². The maximum Gasteiger partial charge on any atom is 0.135 e. The average Bonchev–Trinajstić information content (AvgIpc) is 3.59. The minimum atomic E-state index is 0.889. The highest BCUT2D eigenvalue weighted by molar-refractivity contribution is 6.06. The van der Waals surface area contributed by atoms with Crippen LogP contribution in [0.15, 0.2) is 205 Å². The van der Waals surface area contributed by atoms with Crippen molar-refractivity contribution in [2.24, 2.45) is 0 Å². The van der Waals surface area contributed by atoms with E-state index in [9.17, 15) is 0 Å². The van der Waals surface area contributed by atoms with E-state index in [1.807, 2.05) is 12.1 Å². The Morgan fingerprint density at radius 3 is 1.42 bits per heavy atom. The van der Waals surface area contributed by atoms with Crippen molar-refractivity contribution in [3.05, 3.63) is 200 Å². The summed E-state index contributed by atoms with van der Waals surface area (Å²) in [5.74, 6) is 0. The Bertz CT molecular complexity index is 2890. The summed E-state index contributed by atoms with van der Waals surface area (Å²) in [6.45, 7) is 0. The van der Waals surface area contributed by atoms with Gasteiger partial charge in [-0.3, -0.25) is 0 Å². The Morgan fingerprint density at radius 2 is 0.731 bits per heavy atom. The lowest BCUT2D eigenvalue weighted by Crippen LogP contribution is -2.09. The van der Waals surface area contributed by atoms with E-state index in [-0.39, 0.29) is 0 Å².